The normalized spacial score (nSPS) is 17.9. The number of amides is 1. The zero-order chi connectivity index (χ0) is 22.1. The third-order valence-corrected chi connectivity index (χ3v) is 6.58. The van der Waals surface area contributed by atoms with Gasteiger partial charge in [0.1, 0.15) is 17.6 Å². The van der Waals surface area contributed by atoms with E-state index < -0.39 is 17.7 Å². The van der Waals surface area contributed by atoms with Crippen LogP contribution in [0.5, 0.6) is 5.75 Å². The Morgan fingerprint density at radius 1 is 1.23 bits per heavy atom. The lowest BCUT2D eigenvalue weighted by molar-refractivity contribution is -0.140. The lowest BCUT2D eigenvalue weighted by atomic mass is 9.98. The number of Topliss-reactive ketones (excluding diaryl/α,β-unsaturated/α-hetero) is 1. The van der Waals surface area contributed by atoms with Gasteiger partial charge in [0, 0.05) is 29.4 Å². The molecule has 1 fully saturated rings. The highest BCUT2D eigenvalue weighted by Crippen LogP contribution is 2.43. The number of aryl methyl sites for hydroxylation is 1. The summed E-state index contributed by atoms with van der Waals surface area (Å²) in [5.74, 6) is -1.20. The molecule has 0 aliphatic carbocycles. The van der Waals surface area contributed by atoms with Gasteiger partial charge >= 0.3 is 0 Å². The fourth-order valence-corrected chi connectivity index (χ4v) is 4.94. The number of carbonyl (C=O) groups excluding carboxylic acids is 2. The third-order valence-electron chi connectivity index (χ3n) is 5.22. The molecule has 3 heterocycles. The highest BCUT2D eigenvalue weighted by atomic mass is 35.5. The quantitative estimate of drug-likeness (QED) is 0.342. The zero-order valence-electron chi connectivity index (χ0n) is 16.8. The van der Waals surface area contributed by atoms with E-state index in [1.165, 1.54) is 29.4 Å². The smallest absolute Gasteiger partial charge is 0.295 e. The van der Waals surface area contributed by atoms with Crippen molar-refractivity contribution in [2.45, 2.75) is 19.5 Å². The number of aliphatic hydroxyl groups is 1. The Balaban J connectivity index is 1.86. The lowest BCUT2D eigenvalue weighted by Crippen LogP contribution is -2.29. The molecular weight excluding hydrogens is 436 g/mol. The number of ketones is 1. The minimum Gasteiger partial charge on any atom is -0.507 e. The van der Waals surface area contributed by atoms with Crippen LogP contribution in [0.1, 0.15) is 27.6 Å². The number of carbonyl (C=O) groups is 2. The second kappa shape index (κ2) is 8.53. The Labute approximate surface area is 188 Å². The fraction of sp³-hybridized carbons (Fsp3) is 0.174. The van der Waals surface area contributed by atoms with Gasteiger partial charge in [0.2, 0.25) is 0 Å². The minimum atomic E-state index is -0.726. The second-order valence-electron chi connectivity index (χ2n) is 7.10. The first-order valence-electron chi connectivity index (χ1n) is 9.47. The van der Waals surface area contributed by atoms with Gasteiger partial charge < -0.3 is 14.7 Å². The molecule has 1 unspecified atom stereocenters. The molecule has 6 nitrogen and oxygen atoms in total. The van der Waals surface area contributed by atoms with Gasteiger partial charge in [-0.1, -0.05) is 11.6 Å². The van der Waals surface area contributed by atoms with E-state index >= 15 is 0 Å². The van der Waals surface area contributed by atoms with E-state index in [0.717, 1.165) is 16.0 Å². The van der Waals surface area contributed by atoms with Crippen LogP contribution in [0.15, 0.2) is 59.7 Å². The van der Waals surface area contributed by atoms with Crippen LogP contribution in [0.4, 0.5) is 0 Å². The number of hydrogen-bond acceptors (Lipinski definition) is 6. The standard InChI is InChI=1S/C23H19ClN2O4S/c1-13-7-10-31-22(13)19-18(20(27)15-3-4-17(30-2)16(24)11-15)21(28)23(29)26(19)12-14-5-8-25-9-6-14/h3-11,19,27H,12H2,1-2H3/b20-18-. The summed E-state index contributed by atoms with van der Waals surface area (Å²) >= 11 is 7.66. The molecule has 0 radical (unpaired) electrons. The monoisotopic (exact) mass is 454 g/mol. The van der Waals surface area contributed by atoms with Crippen molar-refractivity contribution in [3.05, 3.63) is 86.3 Å². The number of likely N-dealkylation sites (tertiary alicyclic amines) is 1. The fourth-order valence-electron chi connectivity index (χ4n) is 3.63. The molecule has 1 N–H and O–H groups in total. The van der Waals surface area contributed by atoms with E-state index in [9.17, 15) is 14.7 Å². The Bertz CT molecular complexity index is 1190. The molecular formula is C23H19ClN2O4S. The topological polar surface area (TPSA) is 79.7 Å². The number of aliphatic hydroxyl groups excluding tert-OH is 1. The number of pyridine rings is 1. The van der Waals surface area contributed by atoms with Gasteiger partial charge in [-0.05, 0) is 59.8 Å². The Morgan fingerprint density at radius 3 is 2.58 bits per heavy atom. The number of benzene rings is 1. The Kier molecular flexibility index (Phi) is 5.80. The molecule has 158 valence electrons. The van der Waals surface area contributed by atoms with Crippen LogP contribution in [-0.2, 0) is 16.1 Å². The predicted molar refractivity (Wildman–Crippen MR) is 119 cm³/mol. The van der Waals surface area contributed by atoms with Crippen molar-refractivity contribution in [1.82, 2.24) is 9.88 Å². The van der Waals surface area contributed by atoms with E-state index in [-0.39, 0.29) is 17.9 Å². The molecule has 1 aliphatic rings. The predicted octanol–water partition coefficient (Wildman–Crippen LogP) is 4.74. The summed E-state index contributed by atoms with van der Waals surface area (Å²) < 4.78 is 5.16. The van der Waals surface area contributed by atoms with Gasteiger partial charge in [0.05, 0.1) is 17.7 Å². The summed E-state index contributed by atoms with van der Waals surface area (Å²) in [4.78, 5) is 32.4. The first-order valence-corrected chi connectivity index (χ1v) is 10.7. The molecule has 0 bridgehead atoms. The minimum absolute atomic E-state index is 0.0471. The number of thiophene rings is 1. The molecule has 4 rings (SSSR count). The van der Waals surface area contributed by atoms with Gasteiger partial charge in [-0.15, -0.1) is 11.3 Å². The summed E-state index contributed by atoms with van der Waals surface area (Å²) in [5.41, 5.74) is 2.16. The summed E-state index contributed by atoms with van der Waals surface area (Å²) in [5, 5.41) is 13.3. The number of rotatable bonds is 5. The molecule has 1 atom stereocenters. The van der Waals surface area contributed by atoms with Gasteiger partial charge in [0.15, 0.2) is 0 Å². The summed E-state index contributed by atoms with van der Waals surface area (Å²) in [7, 11) is 1.49. The maximum Gasteiger partial charge on any atom is 0.295 e. The number of aromatic nitrogens is 1. The van der Waals surface area contributed by atoms with Crippen LogP contribution in [0, 0.1) is 6.92 Å². The molecule has 3 aromatic rings. The largest absolute Gasteiger partial charge is 0.507 e. The van der Waals surface area contributed by atoms with E-state index in [1.54, 1.807) is 36.7 Å². The van der Waals surface area contributed by atoms with Crippen molar-refractivity contribution in [2.75, 3.05) is 7.11 Å². The number of methoxy groups -OCH3 is 1. The molecule has 31 heavy (non-hydrogen) atoms. The summed E-state index contributed by atoms with van der Waals surface area (Å²) in [6.45, 7) is 2.14. The van der Waals surface area contributed by atoms with Crippen molar-refractivity contribution < 1.29 is 19.4 Å². The molecule has 1 aromatic carbocycles. The van der Waals surface area contributed by atoms with E-state index in [2.05, 4.69) is 4.98 Å². The van der Waals surface area contributed by atoms with Crippen LogP contribution < -0.4 is 4.74 Å². The highest BCUT2D eigenvalue weighted by molar-refractivity contribution is 7.10. The van der Waals surface area contributed by atoms with E-state index in [1.807, 2.05) is 18.4 Å². The molecule has 2 aromatic heterocycles. The van der Waals surface area contributed by atoms with Crippen LogP contribution >= 0.6 is 22.9 Å². The molecule has 0 spiro atoms. The summed E-state index contributed by atoms with van der Waals surface area (Å²) in [6, 6.07) is 9.54. The van der Waals surface area contributed by atoms with Gasteiger partial charge in [0.25, 0.3) is 11.7 Å². The van der Waals surface area contributed by atoms with E-state index in [4.69, 9.17) is 16.3 Å². The number of halogens is 1. The first kappa shape index (κ1) is 21.1. The second-order valence-corrected chi connectivity index (χ2v) is 8.45. The summed E-state index contributed by atoms with van der Waals surface area (Å²) in [6.07, 6.45) is 3.27. The molecule has 0 saturated carbocycles. The molecule has 1 amide bonds. The first-order chi connectivity index (χ1) is 14.9. The number of ether oxygens (including phenoxy) is 1. The highest BCUT2D eigenvalue weighted by Gasteiger charge is 2.47. The molecule has 1 aliphatic heterocycles. The van der Waals surface area contributed by atoms with Gasteiger partial charge in [-0.2, -0.15) is 0 Å². The van der Waals surface area contributed by atoms with Crippen molar-refractivity contribution in [3.8, 4) is 5.75 Å². The average Bonchev–Trinajstić information content (AvgIpc) is 3.29. The number of hydrogen-bond donors (Lipinski definition) is 1. The van der Waals surface area contributed by atoms with Crippen molar-refractivity contribution >= 4 is 40.4 Å². The average molecular weight is 455 g/mol. The Morgan fingerprint density at radius 2 is 1.97 bits per heavy atom. The lowest BCUT2D eigenvalue weighted by Gasteiger charge is -2.25. The van der Waals surface area contributed by atoms with Crippen LogP contribution in [-0.4, -0.2) is 33.8 Å². The molecule has 8 heteroatoms. The molecule has 1 saturated heterocycles. The van der Waals surface area contributed by atoms with Crippen LogP contribution in [0.3, 0.4) is 0 Å². The maximum atomic E-state index is 13.1. The van der Waals surface area contributed by atoms with E-state index in [0.29, 0.717) is 16.3 Å². The zero-order valence-corrected chi connectivity index (χ0v) is 18.4. The van der Waals surface area contributed by atoms with Crippen LogP contribution in [0.2, 0.25) is 5.02 Å². The van der Waals surface area contributed by atoms with Gasteiger partial charge in [-0.3, -0.25) is 14.6 Å². The maximum absolute atomic E-state index is 13.1. The third kappa shape index (κ3) is 3.82. The van der Waals surface area contributed by atoms with Crippen molar-refractivity contribution in [2.24, 2.45) is 0 Å². The van der Waals surface area contributed by atoms with Crippen molar-refractivity contribution in [3.63, 3.8) is 0 Å². The SMILES string of the molecule is COc1ccc(/C(O)=C2/C(=O)C(=O)N(Cc3ccncc3)C2c2sccc2C)cc1Cl. The van der Waals surface area contributed by atoms with Crippen molar-refractivity contribution in [1.29, 1.82) is 0 Å². The Hall–Kier alpha value is -3.16. The van der Waals surface area contributed by atoms with Crippen LogP contribution in [0.25, 0.3) is 5.76 Å². The number of nitrogens with zero attached hydrogens (tertiary/aromatic N) is 2. The van der Waals surface area contributed by atoms with Gasteiger partial charge in [-0.25, -0.2) is 0 Å².